The number of rotatable bonds is 3. The number of benzene rings is 1. The number of carbonyl (C=O) groups is 2. The molecule has 2 heterocycles. The highest BCUT2D eigenvalue weighted by molar-refractivity contribution is 6.06. The van der Waals surface area contributed by atoms with Crippen LogP contribution in [0.15, 0.2) is 30.3 Å². The number of nitrogens with two attached hydrogens (primary N) is 1. The highest BCUT2D eigenvalue weighted by atomic mass is 16.6. The van der Waals surface area contributed by atoms with Gasteiger partial charge in [-0.1, -0.05) is 18.2 Å². The third kappa shape index (κ3) is 3.10. The highest BCUT2D eigenvalue weighted by Crippen LogP contribution is 2.23. The van der Waals surface area contributed by atoms with Gasteiger partial charge in [-0.2, -0.15) is 0 Å². The number of carbonyl (C=O) groups excluding carboxylic acids is 2. The van der Waals surface area contributed by atoms with Crippen LogP contribution in [0.1, 0.15) is 17.3 Å². The predicted octanol–water partition coefficient (Wildman–Crippen LogP) is 1.61. The van der Waals surface area contributed by atoms with E-state index in [0.29, 0.717) is 44.2 Å². The Balaban J connectivity index is 1.83. The fourth-order valence-electron chi connectivity index (χ4n) is 2.86. The van der Waals surface area contributed by atoms with Crippen molar-refractivity contribution in [3.8, 4) is 0 Å². The second kappa shape index (κ2) is 6.74. The van der Waals surface area contributed by atoms with Gasteiger partial charge in [0, 0.05) is 31.6 Å². The Morgan fingerprint density at radius 3 is 2.58 bits per heavy atom. The summed E-state index contributed by atoms with van der Waals surface area (Å²) in [5.74, 6) is 0.228. The standard InChI is InChI=1S/C17H20N4O3/c1-2-24-17(23)21-9-7-20(8-10-21)15-11-13(16(18)22)12-5-3-4-6-14(12)19-15/h3-6,11H,2,7-10H2,1H3,(H2,18,22). The van der Waals surface area contributed by atoms with E-state index < -0.39 is 5.91 Å². The molecule has 0 saturated carbocycles. The van der Waals surface area contributed by atoms with Gasteiger partial charge in [0.05, 0.1) is 17.7 Å². The first kappa shape index (κ1) is 16.0. The Labute approximate surface area is 140 Å². The van der Waals surface area contributed by atoms with E-state index in [1.807, 2.05) is 24.3 Å². The minimum Gasteiger partial charge on any atom is -0.450 e. The third-order valence-corrected chi connectivity index (χ3v) is 4.10. The van der Waals surface area contributed by atoms with E-state index in [0.717, 1.165) is 10.9 Å². The van der Waals surface area contributed by atoms with Crippen molar-refractivity contribution in [3.63, 3.8) is 0 Å². The SMILES string of the molecule is CCOC(=O)N1CCN(c2cc(C(N)=O)c3ccccc3n2)CC1. The predicted molar refractivity (Wildman–Crippen MR) is 91.1 cm³/mol. The van der Waals surface area contributed by atoms with Crippen molar-refractivity contribution in [2.45, 2.75) is 6.92 Å². The van der Waals surface area contributed by atoms with Crippen LogP contribution in [0.25, 0.3) is 10.9 Å². The van der Waals surface area contributed by atoms with Crippen LogP contribution < -0.4 is 10.6 Å². The molecule has 2 amide bonds. The molecule has 126 valence electrons. The summed E-state index contributed by atoms with van der Waals surface area (Å²) in [4.78, 5) is 31.9. The van der Waals surface area contributed by atoms with E-state index in [4.69, 9.17) is 10.5 Å². The molecule has 0 atom stereocenters. The molecule has 1 aliphatic heterocycles. The van der Waals surface area contributed by atoms with Crippen molar-refractivity contribution in [3.05, 3.63) is 35.9 Å². The molecule has 24 heavy (non-hydrogen) atoms. The number of ether oxygens (including phenoxy) is 1. The lowest BCUT2D eigenvalue weighted by Crippen LogP contribution is -2.49. The van der Waals surface area contributed by atoms with Gasteiger partial charge in [-0.25, -0.2) is 9.78 Å². The molecule has 0 unspecified atom stereocenters. The summed E-state index contributed by atoms with van der Waals surface area (Å²) < 4.78 is 5.02. The van der Waals surface area contributed by atoms with Crippen LogP contribution in [-0.2, 0) is 4.74 Å². The molecule has 2 aromatic rings. The van der Waals surface area contributed by atoms with E-state index in [-0.39, 0.29) is 6.09 Å². The molecule has 1 aliphatic rings. The Morgan fingerprint density at radius 1 is 1.21 bits per heavy atom. The van der Waals surface area contributed by atoms with Gasteiger partial charge in [0.1, 0.15) is 5.82 Å². The number of anilines is 1. The largest absolute Gasteiger partial charge is 0.450 e. The average Bonchev–Trinajstić information content (AvgIpc) is 2.61. The van der Waals surface area contributed by atoms with Crippen molar-refractivity contribution in [1.29, 1.82) is 0 Å². The molecule has 1 aromatic heterocycles. The molecule has 3 rings (SSSR count). The number of hydrogen-bond acceptors (Lipinski definition) is 5. The lowest BCUT2D eigenvalue weighted by molar-refractivity contribution is 0.100. The van der Waals surface area contributed by atoms with E-state index in [1.54, 1.807) is 17.9 Å². The number of amides is 2. The molecule has 1 saturated heterocycles. The zero-order chi connectivity index (χ0) is 17.1. The normalized spacial score (nSPS) is 14.7. The van der Waals surface area contributed by atoms with E-state index in [2.05, 4.69) is 9.88 Å². The number of hydrogen-bond donors (Lipinski definition) is 1. The smallest absolute Gasteiger partial charge is 0.409 e. The number of aromatic nitrogens is 1. The van der Waals surface area contributed by atoms with Gasteiger partial charge >= 0.3 is 6.09 Å². The van der Waals surface area contributed by atoms with Gasteiger partial charge < -0.3 is 20.3 Å². The zero-order valence-corrected chi connectivity index (χ0v) is 13.6. The van der Waals surface area contributed by atoms with Crippen LogP contribution in [0.3, 0.4) is 0 Å². The maximum absolute atomic E-state index is 11.8. The average molecular weight is 328 g/mol. The van der Waals surface area contributed by atoms with Crippen molar-refractivity contribution < 1.29 is 14.3 Å². The number of para-hydroxylation sites is 1. The fraction of sp³-hybridized carbons (Fsp3) is 0.353. The molecule has 0 bridgehead atoms. The Kier molecular flexibility index (Phi) is 4.50. The molecule has 0 aliphatic carbocycles. The van der Waals surface area contributed by atoms with Gasteiger partial charge in [0.25, 0.3) is 0 Å². The lowest BCUT2D eigenvalue weighted by atomic mass is 10.1. The van der Waals surface area contributed by atoms with Gasteiger partial charge in [0.15, 0.2) is 0 Å². The first-order valence-electron chi connectivity index (χ1n) is 7.96. The van der Waals surface area contributed by atoms with Crippen LogP contribution in [0.4, 0.5) is 10.6 Å². The van der Waals surface area contributed by atoms with Crippen molar-refractivity contribution in [2.24, 2.45) is 5.73 Å². The first-order chi connectivity index (χ1) is 11.6. The molecule has 2 N–H and O–H groups in total. The van der Waals surface area contributed by atoms with Crippen molar-refractivity contribution in [1.82, 2.24) is 9.88 Å². The zero-order valence-electron chi connectivity index (χ0n) is 13.6. The molecule has 7 nitrogen and oxygen atoms in total. The summed E-state index contributed by atoms with van der Waals surface area (Å²) in [6.45, 7) is 4.52. The topological polar surface area (TPSA) is 88.8 Å². The number of nitrogens with zero attached hydrogens (tertiary/aromatic N) is 3. The van der Waals surface area contributed by atoms with Crippen LogP contribution in [0.5, 0.6) is 0 Å². The molecule has 7 heteroatoms. The fourth-order valence-corrected chi connectivity index (χ4v) is 2.86. The summed E-state index contributed by atoms with van der Waals surface area (Å²) in [6, 6.07) is 9.16. The van der Waals surface area contributed by atoms with Crippen molar-refractivity contribution >= 4 is 28.7 Å². The quantitative estimate of drug-likeness (QED) is 0.925. The Bertz CT molecular complexity index is 770. The molecule has 1 fully saturated rings. The number of piperazine rings is 1. The molecule has 0 spiro atoms. The summed E-state index contributed by atoms with van der Waals surface area (Å²) in [6.07, 6.45) is -0.290. The molecular weight excluding hydrogens is 308 g/mol. The third-order valence-electron chi connectivity index (χ3n) is 4.10. The second-order valence-corrected chi connectivity index (χ2v) is 5.58. The van der Waals surface area contributed by atoms with E-state index in [9.17, 15) is 9.59 Å². The number of primary amides is 1. The number of fused-ring (bicyclic) bond motifs is 1. The molecular formula is C17H20N4O3. The Morgan fingerprint density at radius 2 is 1.92 bits per heavy atom. The summed E-state index contributed by atoms with van der Waals surface area (Å²) in [5.41, 5.74) is 6.71. The van der Waals surface area contributed by atoms with Crippen LogP contribution >= 0.6 is 0 Å². The van der Waals surface area contributed by atoms with Crippen molar-refractivity contribution in [2.75, 3.05) is 37.7 Å². The van der Waals surface area contributed by atoms with Crippen LogP contribution in [-0.4, -0.2) is 54.7 Å². The maximum Gasteiger partial charge on any atom is 0.409 e. The molecule has 1 aromatic carbocycles. The van der Waals surface area contributed by atoms with Gasteiger partial charge in [-0.15, -0.1) is 0 Å². The first-order valence-corrected chi connectivity index (χ1v) is 7.96. The van der Waals surface area contributed by atoms with E-state index in [1.165, 1.54) is 0 Å². The van der Waals surface area contributed by atoms with Gasteiger partial charge in [-0.3, -0.25) is 4.79 Å². The van der Waals surface area contributed by atoms with Crippen LogP contribution in [0, 0.1) is 0 Å². The minimum atomic E-state index is -0.472. The minimum absolute atomic E-state index is 0.290. The summed E-state index contributed by atoms with van der Waals surface area (Å²) >= 11 is 0. The highest BCUT2D eigenvalue weighted by Gasteiger charge is 2.23. The van der Waals surface area contributed by atoms with Gasteiger partial charge in [0.2, 0.25) is 5.91 Å². The Hall–Kier alpha value is -2.83. The monoisotopic (exact) mass is 328 g/mol. The van der Waals surface area contributed by atoms with E-state index >= 15 is 0 Å². The summed E-state index contributed by atoms with van der Waals surface area (Å²) in [5, 5.41) is 0.749. The second-order valence-electron chi connectivity index (χ2n) is 5.58. The maximum atomic E-state index is 11.8. The molecule has 0 radical (unpaired) electrons. The number of pyridine rings is 1. The van der Waals surface area contributed by atoms with Crippen LogP contribution in [0.2, 0.25) is 0 Å². The lowest BCUT2D eigenvalue weighted by Gasteiger charge is -2.35. The van der Waals surface area contributed by atoms with Gasteiger partial charge in [-0.05, 0) is 19.1 Å². The summed E-state index contributed by atoms with van der Waals surface area (Å²) in [7, 11) is 0.